The van der Waals surface area contributed by atoms with E-state index in [2.05, 4.69) is 20.8 Å². The molecule has 0 aromatic heterocycles. The maximum absolute atomic E-state index is 6.41. The third kappa shape index (κ3) is 3.67. The highest BCUT2D eigenvalue weighted by molar-refractivity contribution is 6.35. The van der Waals surface area contributed by atoms with Gasteiger partial charge in [0.1, 0.15) is 5.75 Å². The normalized spacial score (nSPS) is 13.6. The van der Waals surface area contributed by atoms with Crippen molar-refractivity contribution in [3.63, 3.8) is 0 Å². The Morgan fingerprint density at radius 3 is 2.24 bits per heavy atom. The van der Waals surface area contributed by atoms with Crippen molar-refractivity contribution in [3.8, 4) is 5.75 Å². The summed E-state index contributed by atoms with van der Waals surface area (Å²) in [7, 11) is 0. The molecule has 0 saturated heterocycles. The van der Waals surface area contributed by atoms with E-state index in [-0.39, 0.29) is 10.8 Å². The summed E-state index contributed by atoms with van der Waals surface area (Å²) >= 11 is 18.8. The summed E-state index contributed by atoms with van der Waals surface area (Å²) in [6.45, 7) is 8.64. The maximum Gasteiger partial charge on any atom is 0.139 e. The molecule has 1 aromatic rings. The molecule has 1 unspecified atom stereocenters. The van der Waals surface area contributed by atoms with Crippen LogP contribution in [0.15, 0.2) is 12.1 Å². The van der Waals surface area contributed by atoms with E-state index < -0.39 is 0 Å². The first-order chi connectivity index (χ1) is 7.77. The largest absolute Gasteiger partial charge is 0.492 e. The second kappa shape index (κ2) is 5.69. The highest BCUT2D eigenvalue weighted by Gasteiger charge is 2.26. The zero-order valence-corrected chi connectivity index (χ0v) is 12.7. The Hall–Kier alpha value is -0.110. The van der Waals surface area contributed by atoms with E-state index in [0.717, 1.165) is 5.56 Å². The van der Waals surface area contributed by atoms with Crippen LogP contribution < -0.4 is 4.74 Å². The third-order valence-corrected chi connectivity index (χ3v) is 3.90. The summed E-state index contributed by atoms with van der Waals surface area (Å²) in [6.07, 6.45) is 0. The van der Waals surface area contributed by atoms with Gasteiger partial charge in [-0.3, -0.25) is 0 Å². The zero-order chi connectivity index (χ0) is 13.2. The maximum atomic E-state index is 6.41. The molecule has 0 bridgehead atoms. The van der Waals surface area contributed by atoms with Crippen molar-refractivity contribution in [2.24, 2.45) is 5.41 Å². The van der Waals surface area contributed by atoms with Crippen LogP contribution in [0.25, 0.3) is 0 Å². The van der Waals surface area contributed by atoms with E-state index in [0.29, 0.717) is 22.4 Å². The molecule has 17 heavy (non-hydrogen) atoms. The lowest BCUT2D eigenvalue weighted by Crippen LogP contribution is -2.13. The van der Waals surface area contributed by atoms with Crippen molar-refractivity contribution in [2.45, 2.75) is 33.1 Å². The molecular weight excluding hydrogens is 279 g/mol. The summed E-state index contributed by atoms with van der Waals surface area (Å²) in [6, 6.07) is 3.52. The molecule has 0 radical (unpaired) electrons. The van der Waals surface area contributed by atoms with Crippen LogP contribution in [0.3, 0.4) is 0 Å². The Balaban J connectivity index is 3.15. The topological polar surface area (TPSA) is 9.23 Å². The molecule has 0 aliphatic carbocycles. The number of benzene rings is 1. The van der Waals surface area contributed by atoms with Gasteiger partial charge in [0, 0.05) is 11.1 Å². The number of halogens is 3. The van der Waals surface area contributed by atoms with Gasteiger partial charge in [0.25, 0.3) is 0 Å². The molecule has 4 heteroatoms. The van der Waals surface area contributed by atoms with E-state index >= 15 is 0 Å². The fourth-order valence-corrected chi connectivity index (χ4v) is 2.20. The van der Waals surface area contributed by atoms with E-state index in [4.69, 9.17) is 39.5 Å². The van der Waals surface area contributed by atoms with Crippen molar-refractivity contribution < 1.29 is 4.74 Å². The van der Waals surface area contributed by atoms with Crippen LogP contribution in [-0.4, -0.2) is 6.61 Å². The Morgan fingerprint density at radius 1 is 1.18 bits per heavy atom. The van der Waals surface area contributed by atoms with E-state index in [1.54, 1.807) is 12.1 Å². The number of ether oxygens (including phenoxy) is 1. The van der Waals surface area contributed by atoms with Crippen molar-refractivity contribution in [1.82, 2.24) is 0 Å². The average molecular weight is 296 g/mol. The first kappa shape index (κ1) is 14.9. The Bertz CT molecular complexity index is 396. The van der Waals surface area contributed by atoms with Crippen LogP contribution in [0.4, 0.5) is 0 Å². The summed E-state index contributed by atoms with van der Waals surface area (Å²) in [4.78, 5) is 0. The van der Waals surface area contributed by atoms with Gasteiger partial charge in [0.2, 0.25) is 0 Å². The smallest absolute Gasteiger partial charge is 0.139 e. The van der Waals surface area contributed by atoms with Crippen LogP contribution in [0.2, 0.25) is 10.0 Å². The first-order valence-electron chi connectivity index (χ1n) is 5.53. The minimum absolute atomic E-state index is 0.0817. The number of hydrogen-bond donors (Lipinski definition) is 0. The molecule has 1 atom stereocenters. The van der Waals surface area contributed by atoms with Gasteiger partial charge in [-0.1, -0.05) is 44.0 Å². The summed E-state index contributed by atoms with van der Waals surface area (Å²) in [5.41, 5.74) is 0.760. The van der Waals surface area contributed by atoms with Crippen LogP contribution in [0, 0.1) is 5.41 Å². The van der Waals surface area contributed by atoms with Crippen LogP contribution in [-0.2, 0) is 0 Å². The lowest BCUT2D eigenvalue weighted by molar-refractivity contribution is 0.340. The van der Waals surface area contributed by atoms with E-state index in [1.165, 1.54) is 0 Å². The van der Waals surface area contributed by atoms with Gasteiger partial charge in [-0.15, -0.1) is 11.6 Å². The van der Waals surface area contributed by atoms with Crippen molar-refractivity contribution in [1.29, 1.82) is 0 Å². The summed E-state index contributed by atoms with van der Waals surface area (Å²) < 4.78 is 5.38. The molecule has 1 aromatic carbocycles. The van der Waals surface area contributed by atoms with Crippen LogP contribution >= 0.6 is 34.8 Å². The lowest BCUT2D eigenvalue weighted by Gasteiger charge is -2.26. The number of hydrogen-bond acceptors (Lipinski definition) is 1. The standard InChI is InChI=1S/C13H17Cl3O/c1-5-17-11-7-9(14)8(6-10(11)15)12(16)13(2,3)4/h6-7,12H,5H2,1-4H3. The average Bonchev–Trinajstić information content (AvgIpc) is 2.21. The van der Waals surface area contributed by atoms with Crippen molar-refractivity contribution in [2.75, 3.05) is 6.61 Å². The van der Waals surface area contributed by atoms with Gasteiger partial charge in [0.15, 0.2) is 0 Å². The minimum Gasteiger partial charge on any atom is -0.492 e. The highest BCUT2D eigenvalue weighted by atomic mass is 35.5. The molecule has 1 rings (SSSR count). The first-order valence-corrected chi connectivity index (χ1v) is 6.72. The zero-order valence-electron chi connectivity index (χ0n) is 10.5. The molecule has 0 aliphatic rings. The summed E-state index contributed by atoms with van der Waals surface area (Å²) in [5, 5.41) is 0.942. The van der Waals surface area contributed by atoms with Gasteiger partial charge < -0.3 is 4.74 Å². The number of alkyl halides is 1. The van der Waals surface area contributed by atoms with Gasteiger partial charge in [-0.2, -0.15) is 0 Å². The van der Waals surface area contributed by atoms with E-state index in [1.807, 2.05) is 6.92 Å². The van der Waals surface area contributed by atoms with Crippen LogP contribution in [0.1, 0.15) is 38.6 Å². The predicted octanol–water partition coefficient (Wildman–Crippen LogP) is 5.72. The fraction of sp³-hybridized carbons (Fsp3) is 0.538. The molecule has 0 N–H and O–H groups in total. The van der Waals surface area contributed by atoms with Crippen molar-refractivity contribution >= 4 is 34.8 Å². The van der Waals surface area contributed by atoms with Gasteiger partial charge in [-0.25, -0.2) is 0 Å². The quantitative estimate of drug-likeness (QED) is 0.648. The summed E-state index contributed by atoms with van der Waals surface area (Å²) in [5.74, 6) is 0.598. The van der Waals surface area contributed by atoms with E-state index in [9.17, 15) is 0 Å². The molecule has 0 fully saturated rings. The third-order valence-electron chi connectivity index (χ3n) is 2.38. The Labute approximate surface area is 118 Å². The second-order valence-corrected chi connectivity index (χ2v) is 6.22. The predicted molar refractivity (Wildman–Crippen MR) is 75.7 cm³/mol. The highest BCUT2D eigenvalue weighted by Crippen LogP contribution is 2.44. The minimum atomic E-state index is -0.192. The van der Waals surface area contributed by atoms with Gasteiger partial charge >= 0.3 is 0 Å². The molecule has 0 aliphatic heterocycles. The molecule has 96 valence electrons. The molecule has 0 amide bonds. The molecule has 0 heterocycles. The Morgan fingerprint density at radius 2 is 1.76 bits per heavy atom. The SMILES string of the molecule is CCOc1cc(Cl)c(C(Cl)C(C)(C)C)cc1Cl. The number of rotatable bonds is 3. The fourth-order valence-electron chi connectivity index (χ4n) is 1.47. The second-order valence-electron chi connectivity index (χ2n) is 4.97. The molecule has 0 saturated carbocycles. The molecule has 0 spiro atoms. The Kier molecular flexibility index (Phi) is 5.00. The van der Waals surface area contributed by atoms with Crippen molar-refractivity contribution in [3.05, 3.63) is 27.7 Å². The monoisotopic (exact) mass is 294 g/mol. The van der Waals surface area contributed by atoms with Gasteiger partial charge in [-0.05, 0) is 24.0 Å². The van der Waals surface area contributed by atoms with Gasteiger partial charge in [0.05, 0.1) is 17.0 Å². The van der Waals surface area contributed by atoms with Crippen LogP contribution in [0.5, 0.6) is 5.75 Å². The lowest BCUT2D eigenvalue weighted by atomic mass is 9.87. The molecule has 1 nitrogen and oxygen atoms in total. The molecular formula is C13H17Cl3O.